The van der Waals surface area contributed by atoms with E-state index in [2.05, 4.69) is 29.5 Å². The molecule has 7 heteroatoms. The summed E-state index contributed by atoms with van der Waals surface area (Å²) in [5.74, 6) is 0.847. The molecule has 1 amide bonds. The lowest BCUT2D eigenvalue weighted by atomic mass is 10.2. The third kappa shape index (κ3) is 5.33. The van der Waals surface area contributed by atoms with Gasteiger partial charge >= 0.3 is 0 Å². The van der Waals surface area contributed by atoms with Crippen molar-refractivity contribution < 1.29 is 9.53 Å². The Kier molecular flexibility index (Phi) is 6.80. The van der Waals surface area contributed by atoms with E-state index in [0.29, 0.717) is 22.2 Å². The number of hydrogen-bond donors (Lipinski definition) is 1. The molecule has 0 spiro atoms. The highest BCUT2D eigenvalue weighted by atomic mass is 35.5. The zero-order valence-electron chi connectivity index (χ0n) is 15.8. The van der Waals surface area contributed by atoms with Crippen LogP contribution in [0, 0.1) is 12.8 Å². The monoisotopic (exact) mass is 376 g/mol. The van der Waals surface area contributed by atoms with E-state index in [9.17, 15) is 4.79 Å². The predicted molar refractivity (Wildman–Crippen MR) is 104 cm³/mol. The summed E-state index contributed by atoms with van der Waals surface area (Å²) in [6.45, 7) is 10.7. The second kappa shape index (κ2) is 8.85. The van der Waals surface area contributed by atoms with Gasteiger partial charge < -0.3 is 4.74 Å². The number of amides is 1. The molecule has 1 aromatic heterocycles. The second-order valence-electron chi connectivity index (χ2n) is 6.76. The standard InChI is InChI=1S/C19H25ClN4O2/c1-12(2)11-24-18(20)17(14(5)23-24)10-21-22-19(25)15-6-8-16(9-7-15)26-13(3)4/h6-10,12-13H,11H2,1-5H3,(H,22,25)/b21-10-. The number of hydrogen-bond acceptors (Lipinski definition) is 4. The largest absolute Gasteiger partial charge is 0.491 e. The zero-order valence-corrected chi connectivity index (χ0v) is 16.5. The van der Waals surface area contributed by atoms with Gasteiger partial charge in [0.1, 0.15) is 10.9 Å². The maximum absolute atomic E-state index is 12.2. The molecule has 0 saturated heterocycles. The summed E-state index contributed by atoms with van der Waals surface area (Å²) in [6, 6.07) is 6.91. The highest BCUT2D eigenvalue weighted by Crippen LogP contribution is 2.19. The van der Waals surface area contributed by atoms with Crippen molar-refractivity contribution >= 4 is 23.7 Å². The van der Waals surface area contributed by atoms with Crippen LogP contribution in [-0.4, -0.2) is 28.0 Å². The summed E-state index contributed by atoms with van der Waals surface area (Å²) in [6.07, 6.45) is 1.61. The molecular formula is C19H25ClN4O2. The number of aryl methyl sites for hydroxylation is 1. The molecule has 0 unspecified atom stereocenters. The molecule has 26 heavy (non-hydrogen) atoms. The van der Waals surface area contributed by atoms with Crippen molar-refractivity contribution in [2.75, 3.05) is 0 Å². The molecular weight excluding hydrogens is 352 g/mol. The summed E-state index contributed by atoms with van der Waals surface area (Å²) in [5.41, 5.74) is 4.47. The lowest BCUT2D eigenvalue weighted by Gasteiger charge is -2.09. The minimum absolute atomic E-state index is 0.0869. The molecule has 0 radical (unpaired) electrons. The summed E-state index contributed by atoms with van der Waals surface area (Å²) >= 11 is 6.35. The zero-order chi connectivity index (χ0) is 19.3. The number of carbonyl (C=O) groups is 1. The van der Waals surface area contributed by atoms with Crippen LogP contribution in [0.1, 0.15) is 49.3 Å². The van der Waals surface area contributed by atoms with Gasteiger partial charge in [-0.2, -0.15) is 10.2 Å². The summed E-state index contributed by atoms with van der Waals surface area (Å²) in [7, 11) is 0. The van der Waals surface area contributed by atoms with Gasteiger partial charge in [-0.1, -0.05) is 25.4 Å². The van der Waals surface area contributed by atoms with E-state index in [1.807, 2.05) is 20.8 Å². The lowest BCUT2D eigenvalue weighted by Crippen LogP contribution is -2.17. The minimum Gasteiger partial charge on any atom is -0.491 e. The fourth-order valence-electron chi connectivity index (χ4n) is 2.36. The van der Waals surface area contributed by atoms with Crippen LogP contribution in [0.5, 0.6) is 5.75 Å². The van der Waals surface area contributed by atoms with Crippen molar-refractivity contribution in [3.05, 3.63) is 46.2 Å². The van der Waals surface area contributed by atoms with Crippen molar-refractivity contribution in [1.29, 1.82) is 0 Å². The number of ether oxygens (including phenoxy) is 1. The van der Waals surface area contributed by atoms with Crippen LogP contribution in [0.15, 0.2) is 29.4 Å². The van der Waals surface area contributed by atoms with Crippen molar-refractivity contribution in [1.82, 2.24) is 15.2 Å². The van der Waals surface area contributed by atoms with Gasteiger partial charge in [0, 0.05) is 12.1 Å². The molecule has 1 heterocycles. The van der Waals surface area contributed by atoms with E-state index < -0.39 is 0 Å². The molecule has 0 atom stereocenters. The topological polar surface area (TPSA) is 68.5 Å². The Bertz CT molecular complexity index is 780. The number of benzene rings is 1. The van der Waals surface area contributed by atoms with Crippen molar-refractivity contribution in [3.63, 3.8) is 0 Å². The van der Waals surface area contributed by atoms with E-state index in [4.69, 9.17) is 16.3 Å². The van der Waals surface area contributed by atoms with Crippen LogP contribution >= 0.6 is 11.6 Å². The second-order valence-corrected chi connectivity index (χ2v) is 7.11. The minimum atomic E-state index is -0.305. The summed E-state index contributed by atoms with van der Waals surface area (Å²) < 4.78 is 7.31. The first kappa shape index (κ1) is 20.0. The van der Waals surface area contributed by atoms with E-state index in [-0.39, 0.29) is 12.0 Å². The SMILES string of the molecule is Cc1nn(CC(C)C)c(Cl)c1/C=N\NC(=O)c1ccc(OC(C)C)cc1. The van der Waals surface area contributed by atoms with Crippen LogP contribution in [0.2, 0.25) is 5.15 Å². The van der Waals surface area contributed by atoms with Gasteiger partial charge in [0.2, 0.25) is 0 Å². The van der Waals surface area contributed by atoms with Gasteiger partial charge in [0.15, 0.2) is 0 Å². The average molecular weight is 377 g/mol. The van der Waals surface area contributed by atoms with Crippen LogP contribution in [-0.2, 0) is 6.54 Å². The summed E-state index contributed by atoms with van der Waals surface area (Å²) in [4.78, 5) is 12.2. The first-order valence-electron chi connectivity index (χ1n) is 8.61. The Morgan fingerprint density at radius 3 is 2.54 bits per heavy atom. The van der Waals surface area contributed by atoms with Gasteiger partial charge in [-0.05, 0) is 51.0 Å². The fourth-order valence-corrected chi connectivity index (χ4v) is 2.65. The van der Waals surface area contributed by atoms with Gasteiger partial charge in [0.05, 0.1) is 23.6 Å². The molecule has 0 aliphatic rings. The van der Waals surface area contributed by atoms with Gasteiger partial charge in [0.25, 0.3) is 5.91 Å². The van der Waals surface area contributed by atoms with E-state index in [1.165, 1.54) is 6.21 Å². The molecule has 1 N–H and O–H groups in total. The smallest absolute Gasteiger partial charge is 0.271 e. The molecule has 2 aromatic rings. The maximum Gasteiger partial charge on any atom is 0.271 e. The van der Waals surface area contributed by atoms with Crippen LogP contribution in [0.4, 0.5) is 0 Å². The van der Waals surface area contributed by atoms with Gasteiger partial charge in [-0.3, -0.25) is 9.48 Å². The fraction of sp³-hybridized carbons (Fsp3) is 0.421. The number of halogens is 1. The molecule has 1 aromatic carbocycles. The highest BCUT2D eigenvalue weighted by molar-refractivity contribution is 6.32. The maximum atomic E-state index is 12.2. The molecule has 6 nitrogen and oxygen atoms in total. The van der Waals surface area contributed by atoms with Crippen molar-refractivity contribution in [2.24, 2.45) is 11.0 Å². The number of nitrogens with zero attached hydrogens (tertiary/aromatic N) is 3. The normalized spacial score (nSPS) is 11.5. The molecule has 0 aliphatic carbocycles. The predicted octanol–water partition coefficient (Wildman–Crippen LogP) is 4.05. The molecule has 140 valence electrons. The highest BCUT2D eigenvalue weighted by Gasteiger charge is 2.13. The van der Waals surface area contributed by atoms with Crippen molar-refractivity contribution in [3.8, 4) is 5.75 Å². The molecule has 0 fully saturated rings. The van der Waals surface area contributed by atoms with E-state index in [0.717, 1.165) is 18.0 Å². The quantitative estimate of drug-likeness (QED) is 0.585. The van der Waals surface area contributed by atoms with E-state index in [1.54, 1.807) is 28.9 Å². The van der Waals surface area contributed by atoms with Crippen LogP contribution in [0.25, 0.3) is 0 Å². The number of carbonyl (C=O) groups excluding carboxylic acids is 1. The molecule has 2 rings (SSSR count). The van der Waals surface area contributed by atoms with Crippen LogP contribution in [0.3, 0.4) is 0 Å². The molecule has 0 aliphatic heterocycles. The van der Waals surface area contributed by atoms with Crippen LogP contribution < -0.4 is 10.2 Å². The Hall–Kier alpha value is -2.34. The Morgan fingerprint density at radius 1 is 1.31 bits per heavy atom. The summed E-state index contributed by atoms with van der Waals surface area (Å²) in [5, 5.41) is 8.93. The number of aromatic nitrogens is 2. The first-order valence-corrected chi connectivity index (χ1v) is 8.98. The molecule has 0 bridgehead atoms. The average Bonchev–Trinajstić information content (AvgIpc) is 2.81. The number of rotatable bonds is 7. The van der Waals surface area contributed by atoms with Gasteiger partial charge in [-0.25, -0.2) is 5.43 Å². The lowest BCUT2D eigenvalue weighted by molar-refractivity contribution is 0.0955. The Balaban J connectivity index is 2.02. The first-order chi connectivity index (χ1) is 12.3. The van der Waals surface area contributed by atoms with Crippen molar-refractivity contribution in [2.45, 2.75) is 47.3 Å². The molecule has 0 saturated carbocycles. The Morgan fingerprint density at radius 2 is 1.96 bits per heavy atom. The third-order valence-electron chi connectivity index (χ3n) is 3.50. The third-order valence-corrected chi connectivity index (χ3v) is 3.89. The number of nitrogens with one attached hydrogen (secondary N) is 1. The van der Waals surface area contributed by atoms with Gasteiger partial charge in [-0.15, -0.1) is 0 Å². The Labute approximate surface area is 159 Å². The number of hydrazone groups is 1. The van der Waals surface area contributed by atoms with E-state index >= 15 is 0 Å².